The molecule has 94 valence electrons. The third kappa shape index (κ3) is 1.38. The maximum atomic E-state index is 11.4. The third-order valence-electron chi connectivity index (χ3n) is 4.25. The van der Waals surface area contributed by atoms with Crippen LogP contribution in [-0.2, 0) is 27.8 Å². The van der Waals surface area contributed by atoms with Crippen LogP contribution in [-0.4, -0.2) is 22.2 Å². The fraction of sp³-hybridized carbons (Fsp3) is 0.429. The first kappa shape index (κ1) is 11.3. The molecular formula is C14H14O4. The standard InChI is InChI=1S/C14H14O4/c15-12(16)11-7-14(11,13(17)18)10-5-4-8-2-1-3-9(8)6-10/h4-6,11H,1-3,7H2,(H,15,16)(H,17,18). The summed E-state index contributed by atoms with van der Waals surface area (Å²) in [6, 6.07) is 5.65. The van der Waals surface area contributed by atoms with Crippen LogP contribution in [0.3, 0.4) is 0 Å². The van der Waals surface area contributed by atoms with E-state index in [1.54, 1.807) is 6.07 Å². The molecule has 0 bridgehead atoms. The van der Waals surface area contributed by atoms with Gasteiger partial charge in [-0.3, -0.25) is 9.59 Å². The van der Waals surface area contributed by atoms with E-state index in [1.165, 1.54) is 11.1 Å². The summed E-state index contributed by atoms with van der Waals surface area (Å²) in [4.78, 5) is 22.5. The van der Waals surface area contributed by atoms with E-state index in [4.69, 9.17) is 5.11 Å². The zero-order valence-corrected chi connectivity index (χ0v) is 9.85. The first-order valence-electron chi connectivity index (χ1n) is 6.14. The summed E-state index contributed by atoms with van der Waals surface area (Å²) >= 11 is 0. The minimum atomic E-state index is -1.19. The highest BCUT2D eigenvalue weighted by molar-refractivity contribution is 5.94. The average molecular weight is 246 g/mol. The number of aryl methyl sites for hydroxylation is 2. The molecule has 0 spiro atoms. The Labute approximate surface area is 104 Å². The second kappa shape index (κ2) is 3.57. The van der Waals surface area contributed by atoms with Crippen molar-refractivity contribution in [3.05, 3.63) is 34.9 Å². The molecule has 2 aliphatic carbocycles. The zero-order valence-electron chi connectivity index (χ0n) is 9.85. The van der Waals surface area contributed by atoms with Crippen LogP contribution in [0, 0.1) is 5.92 Å². The van der Waals surface area contributed by atoms with E-state index in [9.17, 15) is 14.7 Å². The van der Waals surface area contributed by atoms with E-state index < -0.39 is 23.3 Å². The Morgan fingerprint density at radius 3 is 2.50 bits per heavy atom. The Morgan fingerprint density at radius 2 is 1.89 bits per heavy atom. The average Bonchev–Trinajstić information content (AvgIpc) is 2.94. The Bertz CT molecular complexity index is 549. The normalized spacial score (nSPS) is 28.8. The van der Waals surface area contributed by atoms with Crippen LogP contribution in [0.4, 0.5) is 0 Å². The van der Waals surface area contributed by atoms with Crippen LogP contribution in [0.5, 0.6) is 0 Å². The van der Waals surface area contributed by atoms with Gasteiger partial charge in [0.25, 0.3) is 0 Å². The molecule has 0 radical (unpaired) electrons. The molecule has 1 fully saturated rings. The fourth-order valence-electron chi connectivity index (χ4n) is 3.09. The van der Waals surface area contributed by atoms with Crippen LogP contribution in [0.15, 0.2) is 18.2 Å². The molecule has 2 unspecified atom stereocenters. The van der Waals surface area contributed by atoms with Gasteiger partial charge in [-0.2, -0.15) is 0 Å². The van der Waals surface area contributed by atoms with Crippen molar-refractivity contribution in [3.8, 4) is 0 Å². The van der Waals surface area contributed by atoms with Gasteiger partial charge in [-0.05, 0) is 42.4 Å². The van der Waals surface area contributed by atoms with Gasteiger partial charge in [-0.15, -0.1) is 0 Å². The lowest BCUT2D eigenvalue weighted by Gasteiger charge is -2.13. The molecule has 1 aromatic carbocycles. The number of carbonyl (C=O) groups is 2. The number of aliphatic carboxylic acids is 2. The van der Waals surface area contributed by atoms with Crippen molar-refractivity contribution < 1.29 is 19.8 Å². The van der Waals surface area contributed by atoms with Gasteiger partial charge in [0.05, 0.1) is 5.92 Å². The molecule has 18 heavy (non-hydrogen) atoms. The summed E-state index contributed by atoms with van der Waals surface area (Å²) in [6.07, 6.45) is 3.31. The highest BCUT2D eigenvalue weighted by Crippen LogP contribution is 2.55. The molecule has 0 heterocycles. The van der Waals surface area contributed by atoms with Crippen LogP contribution >= 0.6 is 0 Å². The zero-order chi connectivity index (χ0) is 12.9. The van der Waals surface area contributed by atoms with Crippen molar-refractivity contribution in [2.45, 2.75) is 31.1 Å². The number of rotatable bonds is 3. The predicted octanol–water partition coefficient (Wildman–Crippen LogP) is 1.60. The molecule has 0 aliphatic heterocycles. The third-order valence-corrected chi connectivity index (χ3v) is 4.25. The van der Waals surface area contributed by atoms with Crippen molar-refractivity contribution in [1.29, 1.82) is 0 Å². The Morgan fingerprint density at radius 1 is 1.17 bits per heavy atom. The van der Waals surface area contributed by atoms with Crippen LogP contribution < -0.4 is 0 Å². The topological polar surface area (TPSA) is 74.6 Å². The van der Waals surface area contributed by atoms with E-state index in [-0.39, 0.29) is 6.42 Å². The van der Waals surface area contributed by atoms with E-state index in [2.05, 4.69) is 0 Å². The summed E-state index contributed by atoms with van der Waals surface area (Å²) in [5.74, 6) is -2.82. The SMILES string of the molecule is O=C(O)C1CC1(C(=O)O)c1ccc2c(c1)CCC2. The van der Waals surface area contributed by atoms with Gasteiger partial charge >= 0.3 is 11.9 Å². The predicted molar refractivity (Wildman–Crippen MR) is 63.5 cm³/mol. The minimum Gasteiger partial charge on any atom is -0.481 e. The number of benzene rings is 1. The van der Waals surface area contributed by atoms with Gasteiger partial charge in [0.2, 0.25) is 0 Å². The lowest BCUT2D eigenvalue weighted by molar-refractivity contribution is -0.145. The lowest BCUT2D eigenvalue weighted by Crippen LogP contribution is -2.25. The Kier molecular flexibility index (Phi) is 2.24. The van der Waals surface area contributed by atoms with Crippen LogP contribution in [0.1, 0.15) is 29.5 Å². The molecular weight excluding hydrogens is 232 g/mol. The maximum absolute atomic E-state index is 11.4. The first-order chi connectivity index (χ1) is 8.55. The van der Waals surface area contributed by atoms with Crippen molar-refractivity contribution in [2.75, 3.05) is 0 Å². The number of hydrogen-bond acceptors (Lipinski definition) is 2. The molecule has 2 aliphatic rings. The molecule has 1 saturated carbocycles. The summed E-state index contributed by atoms with van der Waals surface area (Å²) in [5, 5.41) is 18.4. The molecule has 2 N–H and O–H groups in total. The van der Waals surface area contributed by atoms with Gasteiger partial charge in [-0.25, -0.2) is 0 Å². The fourth-order valence-corrected chi connectivity index (χ4v) is 3.09. The summed E-state index contributed by atoms with van der Waals surface area (Å²) in [7, 11) is 0. The highest BCUT2D eigenvalue weighted by Gasteiger charge is 2.65. The number of fused-ring (bicyclic) bond motifs is 1. The summed E-state index contributed by atoms with van der Waals surface area (Å²) < 4.78 is 0. The van der Waals surface area contributed by atoms with Crippen LogP contribution in [0.2, 0.25) is 0 Å². The molecule has 0 amide bonds. The minimum absolute atomic E-state index is 0.205. The molecule has 3 rings (SSSR count). The van der Waals surface area contributed by atoms with Gasteiger partial charge < -0.3 is 10.2 Å². The van der Waals surface area contributed by atoms with Gasteiger partial charge in [0, 0.05) is 0 Å². The van der Waals surface area contributed by atoms with Gasteiger partial charge in [0.15, 0.2) is 0 Å². The molecule has 0 saturated heterocycles. The van der Waals surface area contributed by atoms with E-state index in [0.29, 0.717) is 5.56 Å². The number of carboxylic acids is 2. The van der Waals surface area contributed by atoms with Gasteiger partial charge in [-0.1, -0.05) is 18.2 Å². The first-order valence-corrected chi connectivity index (χ1v) is 6.14. The number of hydrogen-bond donors (Lipinski definition) is 2. The number of carboxylic acid groups (broad SMARTS) is 2. The van der Waals surface area contributed by atoms with E-state index in [1.807, 2.05) is 12.1 Å². The van der Waals surface area contributed by atoms with Crippen molar-refractivity contribution in [1.82, 2.24) is 0 Å². The van der Waals surface area contributed by atoms with Crippen LogP contribution in [0.25, 0.3) is 0 Å². The van der Waals surface area contributed by atoms with Crippen molar-refractivity contribution in [2.24, 2.45) is 5.92 Å². The van der Waals surface area contributed by atoms with E-state index in [0.717, 1.165) is 19.3 Å². The Hall–Kier alpha value is -1.84. The summed E-state index contributed by atoms with van der Waals surface area (Å²) in [6.45, 7) is 0. The molecule has 1 aromatic rings. The molecule has 0 aromatic heterocycles. The Balaban J connectivity index is 2.03. The second-order valence-electron chi connectivity index (χ2n) is 5.21. The monoisotopic (exact) mass is 246 g/mol. The maximum Gasteiger partial charge on any atom is 0.315 e. The molecule has 4 nitrogen and oxygen atoms in total. The van der Waals surface area contributed by atoms with E-state index >= 15 is 0 Å². The summed E-state index contributed by atoms with van der Waals surface area (Å²) in [5.41, 5.74) is 1.92. The quantitative estimate of drug-likeness (QED) is 0.849. The molecule has 2 atom stereocenters. The van der Waals surface area contributed by atoms with Crippen molar-refractivity contribution >= 4 is 11.9 Å². The largest absolute Gasteiger partial charge is 0.481 e. The smallest absolute Gasteiger partial charge is 0.315 e. The van der Waals surface area contributed by atoms with Gasteiger partial charge in [0.1, 0.15) is 5.41 Å². The lowest BCUT2D eigenvalue weighted by atomic mass is 9.91. The van der Waals surface area contributed by atoms with Crippen molar-refractivity contribution in [3.63, 3.8) is 0 Å². The second-order valence-corrected chi connectivity index (χ2v) is 5.21. The molecule has 4 heteroatoms. The highest BCUT2D eigenvalue weighted by atomic mass is 16.4.